The van der Waals surface area contributed by atoms with E-state index in [0.29, 0.717) is 17.7 Å². The Kier molecular flexibility index (Phi) is 4.02. The predicted molar refractivity (Wildman–Crippen MR) is 95.5 cm³/mol. The highest BCUT2D eigenvalue weighted by atomic mass is 16.3. The fourth-order valence-corrected chi connectivity index (χ4v) is 4.52. The van der Waals surface area contributed by atoms with Crippen LogP contribution in [-0.4, -0.2) is 38.7 Å². The number of hydrogen-bond donors (Lipinski definition) is 2. The molecule has 1 aromatic heterocycles. The molecule has 1 aliphatic carbocycles. The zero-order valence-electron chi connectivity index (χ0n) is 14.9. The lowest BCUT2D eigenvalue weighted by atomic mass is 9.91. The Hall–Kier alpha value is -2.30. The van der Waals surface area contributed by atoms with Crippen LogP contribution in [0.1, 0.15) is 40.8 Å². The maximum Gasteiger partial charge on any atom is 0.226 e. The number of benzene rings is 1. The molecule has 2 N–H and O–H groups in total. The molecule has 1 fully saturated rings. The van der Waals surface area contributed by atoms with Crippen LogP contribution < -0.4 is 0 Å². The Labute approximate surface area is 148 Å². The van der Waals surface area contributed by atoms with Crippen LogP contribution in [0.3, 0.4) is 0 Å². The monoisotopic (exact) mass is 339 g/mol. The van der Waals surface area contributed by atoms with E-state index in [9.17, 15) is 9.90 Å². The van der Waals surface area contributed by atoms with Gasteiger partial charge in [-0.25, -0.2) is 0 Å². The number of nitrogens with zero attached hydrogens (tertiary/aromatic N) is 2. The number of likely N-dealkylation sites (tertiary alicyclic amines) is 1. The first kappa shape index (κ1) is 16.2. The fourth-order valence-electron chi connectivity index (χ4n) is 4.52. The van der Waals surface area contributed by atoms with Gasteiger partial charge in [0.1, 0.15) is 5.75 Å². The van der Waals surface area contributed by atoms with Crippen molar-refractivity contribution in [1.82, 2.24) is 15.1 Å². The average molecular weight is 339 g/mol. The second kappa shape index (κ2) is 6.21. The fraction of sp³-hybridized carbons (Fsp3) is 0.500. The normalized spacial score (nSPS) is 23.1. The second-order valence-electron chi connectivity index (χ2n) is 7.55. The summed E-state index contributed by atoms with van der Waals surface area (Å²) in [6.45, 7) is 4.89. The molecule has 5 nitrogen and oxygen atoms in total. The molecule has 1 unspecified atom stereocenters. The molecule has 2 atom stereocenters. The van der Waals surface area contributed by atoms with Crippen LogP contribution in [0.15, 0.2) is 18.3 Å². The van der Waals surface area contributed by atoms with E-state index >= 15 is 0 Å². The van der Waals surface area contributed by atoms with Gasteiger partial charge >= 0.3 is 0 Å². The highest BCUT2D eigenvalue weighted by Crippen LogP contribution is 2.32. The van der Waals surface area contributed by atoms with Crippen molar-refractivity contribution >= 4 is 5.91 Å². The molecule has 1 aliphatic heterocycles. The third-order valence-corrected chi connectivity index (χ3v) is 5.91. The summed E-state index contributed by atoms with van der Waals surface area (Å²) in [4.78, 5) is 15.1. The van der Waals surface area contributed by atoms with E-state index in [-0.39, 0.29) is 5.92 Å². The van der Waals surface area contributed by atoms with Gasteiger partial charge in [0, 0.05) is 24.2 Å². The van der Waals surface area contributed by atoms with Crippen molar-refractivity contribution < 1.29 is 9.90 Å². The number of carbonyl (C=O) groups is 1. The number of aromatic amines is 1. The van der Waals surface area contributed by atoms with E-state index in [1.54, 1.807) is 12.1 Å². The van der Waals surface area contributed by atoms with Crippen LogP contribution in [0.25, 0.3) is 0 Å². The summed E-state index contributed by atoms with van der Waals surface area (Å²) >= 11 is 0. The predicted octanol–water partition coefficient (Wildman–Crippen LogP) is 2.68. The largest absolute Gasteiger partial charge is 0.508 e. The number of phenolic OH excluding ortho intramolecular Hbond substituents is 1. The lowest BCUT2D eigenvalue weighted by molar-refractivity contribution is -0.133. The number of fused-ring (bicyclic) bond motifs is 1. The van der Waals surface area contributed by atoms with E-state index in [1.165, 1.54) is 16.8 Å². The molecule has 0 saturated carbocycles. The summed E-state index contributed by atoms with van der Waals surface area (Å²) in [5.74, 6) is 0.660. The third-order valence-electron chi connectivity index (χ3n) is 5.91. The van der Waals surface area contributed by atoms with Crippen molar-refractivity contribution in [3.8, 4) is 5.75 Å². The van der Waals surface area contributed by atoms with Gasteiger partial charge in [-0.05, 0) is 80.3 Å². The minimum atomic E-state index is 0.0627. The maximum atomic E-state index is 13.0. The standard InChI is InChI=1S/C20H25N3O2/c1-12-7-17(24)8-13(2)18(12)10-14-5-6-23(20(14)25)16-3-4-19-15(9-16)11-21-22-19/h7-8,11,14,16,24H,3-6,9-10H2,1-2H3,(H,21,22)/t14?,16-/m1/s1. The number of phenols is 1. The van der Waals surface area contributed by atoms with Gasteiger partial charge in [-0.1, -0.05) is 0 Å². The summed E-state index contributed by atoms with van der Waals surface area (Å²) in [6, 6.07) is 3.90. The second-order valence-corrected chi connectivity index (χ2v) is 7.55. The molecule has 2 aliphatic rings. The first-order valence-electron chi connectivity index (χ1n) is 9.13. The van der Waals surface area contributed by atoms with Gasteiger partial charge in [-0.2, -0.15) is 5.10 Å². The van der Waals surface area contributed by atoms with Gasteiger partial charge < -0.3 is 10.0 Å². The Morgan fingerprint density at radius 1 is 1.28 bits per heavy atom. The van der Waals surface area contributed by atoms with E-state index in [2.05, 4.69) is 15.1 Å². The van der Waals surface area contributed by atoms with Crippen molar-refractivity contribution in [2.45, 2.75) is 52.0 Å². The number of rotatable bonds is 3. The van der Waals surface area contributed by atoms with Crippen molar-refractivity contribution in [3.63, 3.8) is 0 Å². The van der Waals surface area contributed by atoms with E-state index in [4.69, 9.17) is 0 Å². The molecular formula is C20H25N3O2. The SMILES string of the molecule is Cc1cc(O)cc(C)c1CC1CCN([C@@H]2CCc3[nH]ncc3C2)C1=O. The molecule has 1 saturated heterocycles. The Morgan fingerprint density at radius 3 is 2.80 bits per heavy atom. The summed E-state index contributed by atoms with van der Waals surface area (Å²) in [6.07, 6.45) is 6.52. The number of aromatic hydroxyl groups is 1. The lowest BCUT2D eigenvalue weighted by Gasteiger charge is -2.31. The zero-order valence-corrected chi connectivity index (χ0v) is 14.9. The van der Waals surface area contributed by atoms with E-state index in [0.717, 1.165) is 49.8 Å². The number of amides is 1. The maximum absolute atomic E-state index is 13.0. The molecule has 0 radical (unpaired) electrons. The topological polar surface area (TPSA) is 69.2 Å². The van der Waals surface area contributed by atoms with Crippen LogP contribution in [0.4, 0.5) is 0 Å². The lowest BCUT2D eigenvalue weighted by Crippen LogP contribution is -2.41. The molecule has 132 valence electrons. The van der Waals surface area contributed by atoms with Gasteiger partial charge in [0.25, 0.3) is 0 Å². The van der Waals surface area contributed by atoms with Gasteiger partial charge in [0.2, 0.25) is 5.91 Å². The number of aryl methyl sites for hydroxylation is 3. The Bertz CT molecular complexity index is 788. The van der Waals surface area contributed by atoms with Crippen LogP contribution in [0.5, 0.6) is 5.75 Å². The van der Waals surface area contributed by atoms with Gasteiger partial charge in [-0.3, -0.25) is 9.89 Å². The van der Waals surface area contributed by atoms with E-state index in [1.807, 2.05) is 20.0 Å². The highest BCUT2D eigenvalue weighted by Gasteiger charge is 2.37. The molecule has 2 heterocycles. The third kappa shape index (κ3) is 2.92. The number of nitrogens with one attached hydrogen (secondary N) is 1. The summed E-state index contributed by atoms with van der Waals surface area (Å²) in [5.41, 5.74) is 5.85. The summed E-state index contributed by atoms with van der Waals surface area (Å²) in [7, 11) is 0. The van der Waals surface area contributed by atoms with Gasteiger partial charge in [0.15, 0.2) is 0 Å². The molecule has 0 spiro atoms. The number of H-pyrrole nitrogens is 1. The molecule has 1 aromatic carbocycles. The zero-order chi connectivity index (χ0) is 17.6. The quantitative estimate of drug-likeness (QED) is 0.903. The number of hydrogen-bond acceptors (Lipinski definition) is 3. The smallest absolute Gasteiger partial charge is 0.226 e. The van der Waals surface area contributed by atoms with Gasteiger partial charge in [-0.15, -0.1) is 0 Å². The minimum absolute atomic E-state index is 0.0627. The van der Waals surface area contributed by atoms with Crippen LogP contribution >= 0.6 is 0 Å². The molecule has 2 aromatic rings. The van der Waals surface area contributed by atoms with Crippen molar-refractivity contribution in [1.29, 1.82) is 0 Å². The van der Waals surface area contributed by atoms with Crippen LogP contribution in [0, 0.1) is 19.8 Å². The molecule has 4 rings (SSSR count). The molecule has 25 heavy (non-hydrogen) atoms. The van der Waals surface area contributed by atoms with Crippen molar-refractivity contribution in [2.75, 3.05) is 6.54 Å². The highest BCUT2D eigenvalue weighted by molar-refractivity contribution is 5.81. The van der Waals surface area contributed by atoms with Gasteiger partial charge in [0.05, 0.1) is 6.20 Å². The Balaban J connectivity index is 1.47. The minimum Gasteiger partial charge on any atom is -0.508 e. The number of carbonyl (C=O) groups excluding carboxylic acids is 1. The summed E-state index contributed by atoms with van der Waals surface area (Å²) in [5, 5.41) is 16.9. The first-order chi connectivity index (χ1) is 12.0. The van der Waals surface area contributed by atoms with E-state index < -0.39 is 0 Å². The van der Waals surface area contributed by atoms with Crippen molar-refractivity contribution in [2.24, 2.45) is 5.92 Å². The molecule has 0 bridgehead atoms. The van der Waals surface area contributed by atoms with Crippen LogP contribution in [0.2, 0.25) is 0 Å². The molecular weight excluding hydrogens is 314 g/mol. The first-order valence-corrected chi connectivity index (χ1v) is 9.13. The van der Waals surface area contributed by atoms with Crippen molar-refractivity contribution in [3.05, 3.63) is 46.3 Å². The Morgan fingerprint density at radius 2 is 2.04 bits per heavy atom. The summed E-state index contributed by atoms with van der Waals surface area (Å²) < 4.78 is 0. The van der Waals surface area contributed by atoms with Crippen LogP contribution in [-0.2, 0) is 24.1 Å². The molecule has 1 amide bonds. The number of aromatic nitrogens is 2. The molecule has 5 heteroatoms. The average Bonchev–Trinajstić information content (AvgIpc) is 3.17.